The molecule has 0 radical (unpaired) electrons. The van der Waals surface area contributed by atoms with Gasteiger partial charge in [-0.25, -0.2) is 0 Å². The highest BCUT2D eigenvalue weighted by atomic mass is 15.5. The molecule has 1 rings (SSSR count). The van der Waals surface area contributed by atoms with E-state index < -0.39 is 0 Å². The van der Waals surface area contributed by atoms with Crippen LogP contribution in [0.25, 0.3) is 0 Å². The molecule has 64 valence electrons. The fourth-order valence-electron chi connectivity index (χ4n) is 0.968. The van der Waals surface area contributed by atoms with Crippen LogP contribution in [0.3, 0.4) is 0 Å². The summed E-state index contributed by atoms with van der Waals surface area (Å²) in [5.74, 6) is 0. The standard InChI is InChI=1S/C6H12N4.CH4/c1-7-9-3-5-10(8-2)6-4-9;/h1-6H2;1H4. The predicted octanol–water partition coefficient (Wildman–Crippen LogP) is 0.471. The van der Waals surface area contributed by atoms with Crippen molar-refractivity contribution in [3.8, 4) is 0 Å². The Morgan fingerprint density at radius 2 is 1.09 bits per heavy atom. The van der Waals surface area contributed by atoms with Crippen LogP contribution in [0.5, 0.6) is 0 Å². The van der Waals surface area contributed by atoms with Gasteiger partial charge < -0.3 is 0 Å². The minimum atomic E-state index is 0. The van der Waals surface area contributed by atoms with Gasteiger partial charge in [-0.05, 0) is 0 Å². The molecule has 4 nitrogen and oxygen atoms in total. The molecule has 0 unspecified atom stereocenters. The van der Waals surface area contributed by atoms with Crippen LogP contribution in [0.4, 0.5) is 0 Å². The van der Waals surface area contributed by atoms with Crippen LogP contribution in [0, 0.1) is 0 Å². The zero-order valence-corrected chi connectivity index (χ0v) is 6.03. The van der Waals surface area contributed by atoms with Crippen LogP contribution in [0.1, 0.15) is 7.43 Å². The predicted molar refractivity (Wildman–Crippen MR) is 49.0 cm³/mol. The van der Waals surface area contributed by atoms with Gasteiger partial charge in [-0.3, -0.25) is 10.0 Å². The van der Waals surface area contributed by atoms with Crippen molar-refractivity contribution in [2.24, 2.45) is 10.2 Å². The van der Waals surface area contributed by atoms with Crippen molar-refractivity contribution < 1.29 is 0 Å². The summed E-state index contributed by atoms with van der Waals surface area (Å²) in [6.45, 7) is 10.5. The quantitative estimate of drug-likeness (QED) is 0.544. The Morgan fingerprint density at radius 1 is 0.818 bits per heavy atom. The second kappa shape index (κ2) is 4.71. The lowest BCUT2D eigenvalue weighted by Gasteiger charge is -2.30. The van der Waals surface area contributed by atoms with Crippen molar-refractivity contribution in [3.63, 3.8) is 0 Å². The van der Waals surface area contributed by atoms with E-state index in [1.165, 1.54) is 0 Å². The van der Waals surface area contributed by atoms with Gasteiger partial charge in [-0.15, -0.1) is 0 Å². The van der Waals surface area contributed by atoms with Crippen LogP contribution in [-0.4, -0.2) is 49.6 Å². The van der Waals surface area contributed by atoms with Gasteiger partial charge in [0.25, 0.3) is 0 Å². The van der Waals surface area contributed by atoms with Crippen molar-refractivity contribution >= 4 is 13.4 Å². The highest BCUT2D eigenvalue weighted by molar-refractivity contribution is 5.23. The van der Waals surface area contributed by atoms with Gasteiger partial charge in [0.1, 0.15) is 0 Å². The van der Waals surface area contributed by atoms with Crippen LogP contribution in [-0.2, 0) is 0 Å². The fraction of sp³-hybridized carbons (Fsp3) is 0.714. The molecule has 0 N–H and O–H groups in total. The molecule has 0 aromatic rings. The highest BCUT2D eigenvalue weighted by Crippen LogP contribution is 1.99. The lowest BCUT2D eigenvalue weighted by atomic mass is 10.4. The molecule has 0 bridgehead atoms. The van der Waals surface area contributed by atoms with Gasteiger partial charge in [-0.2, -0.15) is 10.2 Å². The van der Waals surface area contributed by atoms with Crippen molar-refractivity contribution in [1.82, 2.24) is 10.0 Å². The molecule has 4 heteroatoms. The van der Waals surface area contributed by atoms with Crippen molar-refractivity contribution in [2.45, 2.75) is 7.43 Å². The maximum atomic E-state index is 3.81. The van der Waals surface area contributed by atoms with Crippen molar-refractivity contribution in [1.29, 1.82) is 0 Å². The van der Waals surface area contributed by atoms with Crippen LogP contribution in [0.2, 0.25) is 0 Å². The molecule has 0 spiro atoms. The first-order valence-corrected chi connectivity index (χ1v) is 3.30. The molecule has 1 aliphatic rings. The van der Waals surface area contributed by atoms with E-state index in [4.69, 9.17) is 0 Å². The summed E-state index contributed by atoms with van der Waals surface area (Å²) < 4.78 is 0. The average molecular weight is 156 g/mol. The van der Waals surface area contributed by atoms with E-state index in [-0.39, 0.29) is 7.43 Å². The summed E-state index contributed by atoms with van der Waals surface area (Å²) in [6.07, 6.45) is 0. The third-order valence-electron chi connectivity index (χ3n) is 1.63. The summed E-state index contributed by atoms with van der Waals surface area (Å²) in [5, 5.41) is 11.5. The van der Waals surface area contributed by atoms with Gasteiger partial charge >= 0.3 is 0 Å². The van der Waals surface area contributed by atoms with E-state index in [9.17, 15) is 0 Å². The van der Waals surface area contributed by atoms with Crippen LogP contribution >= 0.6 is 0 Å². The summed E-state index contributed by atoms with van der Waals surface area (Å²) in [5.41, 5.74) is 0. The van der Waals surface area contributed by atoms with E-state index in [0.29, 0.717) is 0 Å². The van der Waals surface area contributed by atoms with Crippen LogP contribution < -0.4 is 0 Å². The second-order valence-corrected chi connectivity index (χ2v) is 2.19. The Balaban J connectivity index is 0.000001000. The van der Waals surface area contributed by atoms with E-state index in [0.717, 1.165) is 26.2 Å². The second-order valence-electron chi connectivity index (χ2n) is 2.19. The topological polar surface area (TPSA) is 31.2 Å². The van der Waals surface area contributed by atoms with E-state index in [2.05, 4.69) is 23.6 Å². The number of hydrogen-bond donors (Lipinski definition) is 0. The molecule has 1 heterocycles. The molecule has 1 aliphatic heterocycles. The SMILES string of the molecule is C.C=NN1CCN(N=C)CC1. The zero-order chi connectivity index (χ0) is 7.40. The smallest absolute Gasteiger partial charge is 0.0553 e. The van der Waals surface area contributed by atoms with Gasteiger partial charge in [0.2, 0.25) is 0 Å². The average Bonchev–Trinajstić information content (AvgIpc) is 2.05. The largest absolute Gasteiger partial charge is 0.294 e. The molecule has 11 heavy (non-hydrogen) atoms. The Hall–Kier alpha value is -1.06. The Bertz CT molecular complexity index is 110. The lowest BCUT2D eigenvalue weighted by Crippen LogP contribution is -2.41. The molecule has 0 aliphatic carbocycles. The van der Waals surface area contributed by atoms with Gasteiger partial charge in [-0.1, -0.05) is 7.43 Å². The molecular weight excluding hydrogens is 140 g/mol. The van der Waals surface area contributed by atoms with Gasteiger partial charge in [0.15, 0.2) is 0 Å². The monoisotopic (exact) mass is 156 g/mol. The number of piperazine rings is 1. The highest BCUT2D eigenvalue weighted by Gasteiger charge is 2.11. The molecule has 0 aromatic heterocycles. The van der Waals surface area contributed by atoms with Gasteiger partial charge in [0, 0.05) is 13.4 Å². The van der Waals surface area contributed by atoms with E-state index in [1.807, 2.05) is 10.0 Å². The summed E-state index contributed by atoms with van der Waals surface area (Å²) >= 11 is 0. The molecule has 0 amide bonds. The van der Waals surface area contributed by atoms with E-state index in [1.54, 1.807) is 0 Å². The number of nitrogens with zero attached hydrogens (tertiary/aromatic N) is 4. The maximum Gasteiger partial charge on any atom is 0.0553 e. The first-order chi connectivity index (χ1) is 4.86. The lowest BCUT2D eigenvalue weighted by molar-refractivity contribution is 0.142. The first kappa shape index (κ1) is 9.94. The number of rotatable bonds is 2. The van der Waals surface area contributed by atoms with Gasteiger partial charge in [0.05, 0.1) is 26.2 Å². The molecule has 0 atom stereocenters. The molecule has 0 saturated carbocycles. The minimum absolute atomic E-state index is 0. The molecular formula is C7H16N4. The Morgan fingerprint density at radius 3 is 1.27 bits per heavy atom. The Kier molecular flexibility index (Phi) is 4.26. The zero-order valence-electron chi connectivity index (χ0n) is 6.03. The minimum Gasteiger partial charge on any atom is -0.294 e. The maximum absolute atomic E-state index is 3.81. The molecule has 0 aromatic carbocycles. The Labute approximate surface area is 68.2 Å². The first-order valence-electron chi connectivity index (χ1n) is 3.30. The molecule has 1 saturated heterocycles. The third kappa shape index (κ3) is 2.57. The number of hydrazone groups is 2. The third-order valence-corrected chi connectivity index (χ3v) is 1.63. The van der Waals surface area contributed by atoms with Crippen molar-refractivity contribution in [3.05, 3.63) is 0 Å². The summed E-state index contributed by atoms with van der Waals surface area (Å²) in [4.78, 5) is 0. The van der Waals surface area contributed by atoms with Crippen LogP contribution in [0.15, 0.2) is 10.2 Å². The van der Waals surface area contributed by atoms with Crippen molar-refractivity contribution in [2.75, 3.05) is 26.2 Å². The summed E-state index contributed by atoms with van der Waals surface area (Å²) in [7, 11) is 0. The number of hydrogen-bond acceptors (Lipinski definition) is 4. The summed E-state index contributed by atoms with van der Waals surface area (Å²) in [6, 6.07) is 0. The normalized spacial score (nSPS) is 17.1. The van der Waals surface area contributed by atoms with E-state index >= 15 is 0 Å². The fourth-order valence-corrected chi connectivity index (χ4v) is 0.968. The molecule has 1 fully saturated rings.